The van der Waals surface area contributed by atoms with E-state index in [0.717, 1.165) is 31.2 Å². The van der Waals surface area contributed by atoms with Gasteiger partial charge in [0, 0.05) is 18.7 Å². The van der Waals surface area contributed by atoms with Crippen LogP contribution >= 0.6 is 0 Å². The Morgan fingerprint density at radius 1 is 1.20 bits per heavy atom. The zero-order chi connectivity index (χ0) is 14.4. The molecule has 0 radical (unpaired) electrons. The molecule has 1 aromatic heterocycles. The van der Waals surface area contributed by atoms with Gasteiger partial charge in [-0.25, -0.2) is 9.78 Å². The molecule has 1 heterocycles. The van der Waals surface area contributed by atoms with E-state index in [1.807, 2.05) is 0 Å². The highest BCUT2D eigenvalue weighted by atomic mass is 16.4. The van der Waals surface area contributed by atoms with Gasteiger partial charge in [0.2, 0.25) is 5.91 Å². The molecule has 1 fully saturated rings. The zero-order valence-corrected chi connectivity index (χ0v) is 11.5. The molecule has 1 saturated carbocycles. The molecule has 0 aliphatic heterocycles. The van der Waals surface area contributed by atoms with Gasteiger partial charge in [-0.15, -0.1) is 0 Å². The van der Waals surface area contributed by atoms with Crippen LogP contribution in [0.5, 0.6) is 0 Å². The summed E-state index contributed by atoms with van der Waals surface area (Å²) in [6.07, 6.45) is 8.16. The summed E-state index contributed by atoms with van der Waals surface area (Å²) in [7, 11) is 0. The Kier molecular flexibility index (Phi) is 5.09. The topological polar surface area (TPSA) is 79.3 Å². The molecule has 2 N–H and O–H groups in total. The summed E-state index contributed by atoms with van der Waals surface area (Å²) in [6.45, 7) is 0.405. The van der Waals surface area contributed by atoms with Gasteiger partial charge in [0.15, 0.2) is 0 Å². The average Bonchev–Trinajstić information content (AvgIpc) is 2.74. The predicted molar refractivity (Wildman–Crippen MR) is 74.2 cm³/mol. The lowest BCUT2D eigenvalue weighted by Crippen LogP contribution is -2.30. The Morgan fingerprint density at radius 3 is 2.45 bits per heavy atom. The highest BCUT2D eigenvalue weighted by Crippen LogP contribution is 2.22. The molecule has 20 heavy (non-hydrogen) atoms. The number of hydrogen-bond acceptors (Lipinski definition) is 3. The third-order valence-corrected chi connectivity index (χ3v) is 3.74. The second-order valence-corrected chi connectivity index (χ2v) is 5.26. The molecule has 0 unspecified atom stereocenters. The number of hydrogen-bond donors (Lipinski definition) is 2. The molecular weight excluding hydrogens is 256 g/mol. The second kappa shape index (κ2) is 7.03. The molecular formula is C15H20N2O3. The van der Waals surface area contributed by atoms with Gasteiger partial charge < -0.3 is 10.4 Å². The van der Waals surface area contributed by atoms with Gasteiger partial charge >= 0.3 is 5.97 Å². The van der Waals surface area contributed by atoms with Crippen LogP contribution in [0, 0.1) is 5.92 Å². The fourth-order valence-corrected chi connectivity index (χ4v) is 2.53. The number of aromatic nitrogens is 1. The van der Waals surface area contributed by atoms with Crippen LogP contribution in [-0.4, -0.2) is 22.0 Å². The highest BCUT2D eigenvalue weighted by molar-refractivity contribution is 5.85. The number of carbonyl (C=O) groups is 2. The molecule has 1 amide bonds. The largest absolute Gasteiger partial charge is 0.477 e. The van der Waals surface area contributed by atoms with Gasteiger partial charge in [0.05, 0.1) is 0 Å². The predicted octanol–water partition coefficient (Wildman–Crippen LogP) is 2.37. The number of rotatable bonds is 4. The van der Waals surface area contributed by atoms with Crippen LogP contribution in [0.25, 0.3) is 0 Å². The average molecular weight is 276 g/mol. The number of pyridine rings is 1. The lowest BCUT2D eigenvalue weighted by atomic mass is 9.99. The van der Waals surface area contributed by atoms with E-state index < -0.39 is 5.97 Å². The first-order chi connectivity index (χ1) is 9.66. The van der Waals surface area contributed by atoms with Crippen LogP contribution in [0.4, 0.5) is 0 Å². The Balaban J connectivity index is 1.84. The Labute approximate surface area is 118 Å². The van der Waals surface area contributed by atoms with E-state index in [4.69, 9.17) is 5.11 Å². The van der Waals surface area contributed by atoms with Gasteiger partial charge in [0.25, 0.3) is 0 Å². The summed E-state index contributed by atoms with van der Waals surface area (Å²) in [5.74, 6) is -0.808. The maximum Gasteiger partial charge on any atom is 0.354 e. The third-order valence-electron chi connectivity index (χ3n) is 3.74. The number of carboxylic acid groups (broad SMARTS) is 1. The first-order valence-corrected chi connectivity index (χ1v) is 7.13. The van der Waals surface area contributed by atoms with Crippen molar-refractivity contribution in [3.8, 4) is 0 Å². The SMILES string of the molecule is O=C(O)c1ccc(CNC(=O)C2CCCCCC2)cn1. The molecule has 0 saturated heterocycles. The molecule has 0 aromatic carbocycles. The van der Waals surface area contributed by atoms with E-state index >= 15 is 0 Å². The summed E-state index contributed by atoms with van der Waals surface area (Å²) >= 11 is 0. The Morgan fingerprint density at radius 2 is 1.90 bits per heavy atom. The minimum atomic E-state index is -1.04. The van der Waals surface area contributed by atoms with Crippen LogP contribution < -0.4 is 5.32 Å². The van der Waals surface area contributed by atoms with Crippen LogP contribution in [0.2, 0.25) is 0 Å². The fraction of sp³-hybridized carbons (Fsp3) is 0.533. The summed E-state index contributed by atoms with van der Waals surface area (Å²) < 4.78 is 0. The maximum absolute atomic E-state index is 12.1. The Hall–Kier alpha value is -1.91. The van der Waals surface area contributed by atoms with E-state index in [1.54, 1.807) is 6.07 Å². The highest BCUT2D eigenvalue weighted by Gasteiger charge is 2.19. The number of amides is 1. The van der Waals surface area contributed by atoms with Crippen molar-refractivity contribution < 1.29 is 14.7 Å². The number of carbonyl (C=O) groups excluding carboxylic acids is 1. The van der Waals surface area contributed by atoms with Gasteiger partial charge in [-0.3, -0.25) is 4.79 Å². The summed E-state index contributed by atoms with van der Waals surface area (Å²) in [5.41, 5.74) is 0.834. The van der Waals surface area contributed by atoms with E-state index in [1.165, 1.54) is 25.1 Å². The monoisotopic (exact) mass is 276 g/mol. The zero-order valence-electron chi connectivity index (χ0n) is 11.5. The smallest absolute Gasteiger partial charge is 0.354 e. The molecule has 5 nitrogen and oxygen atoms in total. The lowest BCUT2D eigenvalue weighted by Gasteiger charge is -2.14. The van der Waals surface area contributed by atoms with Crippen LogP contribution in [0.1, 0.15) is 54.6 Å². The van der Waals surface area contributed by atoms with Crippen molar-refractivity contribution in [3.05, 3.63) is 29.6 Å². The first kappa shape index (κ1) is 14.5. The van der Waals surface area contributed by atoms with Gasteiger partial charge in [-0.05, 0) is 24.5 Å². The van der Waals surface area contributed by atoms with Crippen LogP contribution in [-0.2, 0) is 11.3 Å². The number of carboxylic acids is 1. The van der Waals surface area contributed by atoms with Crippen molar-refractivity contribution in [1.29, 1.82) is 0 Å². The molecule has 1 aliphatic carbocycles. The summed E-state index contributed by atoms with van der Waals surface area (Å²) in [5, 5.41) is 11.7. The molecule has 1 aromatic rings. The minimum absolute atomic E-state index is 0.0174. The van der Waals surface area contributed by atoms with Gasteiger partial charge in [0.1, 0.15) is 5.69 Å². The summed E-state index contributed by atoms with van der Waals surface area (Å²) in [4.78, 5) is 26.6. The normalized spacial score (nSPS) is 16.4. The molecule has 5 heteroatoms. The Bertz CT molecular complexity index is 463. The number of aromatic carboxylic acids is 1. The molecule has 108 valence electrons. The fourth-order valence-electron chi connectivity index (χ4n) is 2.53. The van der Waals surface area contributed by atoms with Crippen molar-refractivity contribution in [2.75, 3.05) is 0 Å². The molecule has 0 bridgehead atoms. The molecule has 1 aliphatic rings. The van der Waals surface area contributed by atoms with E-state index in [2.05, 4.69) is 10.3 Å². The number of nitrogens with one attached hydrogen (secondary N) is 1. The van der Waals surface area contributed by atoms with Crippen molar-refractivity contribution >= 4 is 11.9 Å². The standard InChI is InChI=1S/C15H20N2O3/c18-14(12-5-3-1-2-4-6-12)17-10-11-7-8-13(15(19)20)16-9-11/h7-9,12H,1-6,10H2,(H,17,18)(H,19,20). The van der Waals surface area contributed by atoms with Crippen LogP contribution in [0.3, 0.4) is 0 Å². The molecule has 0 spiro atoms. The van der Waals surface area contributed by atoms with Crippen LogP contribution in [0.15, 0.2) is 18.3 Å². The quantitative estimate of drug-likeness (QED) is 0.827. The van der Waals surface area contributed by atoms with E-state index in [0.29, 0.717) is 6.54 Å². The molecule has 2 rings (SSSR count). The van der Waals surface area contributed by atoms with E-state index in [9.17, 15) is 9.59 Å². The second-order valence-electron chi connectivity index (χ2n) is 5.26. The van der Waals surface area contributed by atoms with E-state index in [-0.39, 0.29) is 17.5 Å². The minimum Gasteiger partial charge on any atom is -0.477 e. The lowest BCUT2D eigenvalue weighted by molar-refractivity contribution is -0.125. The maximum atomic E-state index is 12.1. The van der Waals surface area contributed by atoms with Crippen molar-refractivity contribution in [2.45, 2.75) is 45.1 Å². The molecule has 0 atom stereocenters. The first-order valence-electron chi connectivity index (χ1n) is 7.13. The third kappa shape index (κ3) is 4.05. The van der Waals surface area contributed by atoms with Crippen molar-refractivity contribution in [2.24, 2.45) is 5.92 Å². The number of nitrogens with zero attached hydrogens (tertiary/aromatic N) is 1. The van der Waals surface area contributed by atoms with Crippen molar-refractivity contribution in [3.63, 3.8) is 0 Å². The van der Waals surface area contributed by atoms with Gasteiger partial charge in [-0.1, -0.05) is 31.7 Å². The van der Waals surface area contributed by atoms with Crippen molar-refractivity contribution in [1.82, 2.24) is 10.3 Å². The summed E-state index contributed by atoms with van der Waals surface area (Å²) in [6, 6.07) is 3.14. The van der Waals surface area contributed by atoms with Gasteiger partial charge in [-0.2, -0.15) is 0 Å².